The first kappa shape index (κ1) is 13.4. The molecule has 0 radical (unpaired) electrons. The normalized spacial score (nSPS) is 20.5. The van der Waals surface area contributed by atoms with Gasteiger partial charge in [0.2, 0.25) is 5.56 Å². The van der Waals surface area contributed by atoms with Gasteiger partial charge in [0.25, 0.3) is 0 Å². The lowest BCUT2D eigenvalue weighted by atomic mass is 9.77. The van der Waals surface area contributed by atoms with Crippen LogP contribution in [-0.2, 0) is 9.31 Å². The molecule has 1 aromatic heterocycles. The minimum Gasteiger partial charge on any atom is -0.399 e. The molecule has 2 heterocycles. The highest BCUT2D eigenvalue weighted by Crippen LogP contribution is 2.36. The molecular weight excluding hydrogens is 253 g/mol. The molecule has 0 unspecified atom stereocenters. The molecule has 0 saturated carbocycles. The van der Waals surface area contributed by atoms with Gasteiger partial charge in [0.05, 0.1) is 11.2 Å². The summed E-state index contributed by atoms with van der Waals surface area (Å²) in [5.41, 5.74) is 0.601. The summed E-state index contributed by atoms with van der Waals surface area (Å²) in [5, 5.41) is 0.950. The Bertz CT molecular complexity index is 704. The minimum absolute atomic E-state index is 0.145. The van der Waals surface area contributed by atoms with E-state index in [1.165, 1.54) is 0 Å². The van der Waals surface area contributed by atoms with Crippen molar-refractivity contribution in [1.29, 1.82) is 0 Å². The number of nitrogens with one attached hydrogen (secondary N) is 1. The second-order valence-electron chi connectivity index (χ2n) is 6.22. The SMILES string of the molecule is CC1(C)OB(c2cc(=O)[nH]c3ccccc23)OC1(C)C. The first-order valence-electron chi connectivity index (χ1n) is 6.78. The quantitative estimate of drug-likeness (QED) is 0.805. The molecule has 2 aromatic rings. The third kappa shape index (κ3) is 1.98. The largest absolute Gasteiger partial charge is 0.495 e. The second-order valence-corrected chi connectivity index (χ2v) is 6.22. The van der Waals surface area contributed by atoms with Crippen molar-refractivity contribution in [3.05, 3.63) is 40.7 Å². The Labute approximate surface area is 118 Å². The van der Waals surface area contributed by atoms with Crippen LogP contribution in [0.1, 0.15) is 27.7 Å². The lowest BCUT2D eigenvalue weighted by Crippen LogP contribution is -2.41. The zero-order chi connectivity index (χ0) is 14.5. The number of fused-ring (bicyclic) bond motifs is 1. The molecular formula is C15H18BNO3. The van der Waals surface area contributed by atoms with Gasteiger partial charge in [0.15, 0.2) is 0 Å². The highest BCUT2D eigenvalue weighted by atomic mass is 16.7. The number of para-hydroxylation sites is 1. The summed E-state index contributed by atoms with van der Waals surface area (Å²) in [7, 11) is -0.521. The fourth-order valence-electron chi connectivity index (χ4n) is 2.40. The summed E-state index contributed by atoms with van der Waals surface area (Å²) in [6.45, 7) is 8.01. The monoisotopic (exact) mass is 271 g/mol. The van der Waals surface area contributed by atoms with Crippen LogP contribution in [0.3, 0.4) is 0 Å². The zero-order valence-electron chi connectivity index (χ0n) is 12.2. The second kappa shape index (κ2) is 4.20. The molecule has 1 aliphatic rings. The molecule has 1 fully saturated rings. The van der Waals surface area contributed by atoms with Crippen molar-refractivity contribution in [2.75, 3.05) is 0 Å². The third-order valence-electron chi connectivity index (χ3n) is 4.29. The van der Waals surface area contributed by atoms with Gasteiger partial charge in [-0.3, -0.25) is 4.79 Å². The molecule has 1 aliphatic heterocycles. The van der Waals surface area contributed by atoms with Crippen molar-refractivity contribution in [1.82, 2.24) is 4.98 Å². The molecule has 0 aliphatic carbocycles. The van der Waals surface area contributed by atoms with Crippen LogP contribution in [0.2, 0.25) is 0 Å². The molecule has 3 rings (SSSR count). The molecule has 1 N–H and O–H groups in total. The molecule has 4 nitrogen and oxygen atoms in total. The van der Waals surface area contributed by atoms with Crippen molar-refractivity contribution in [3.63, 3.8) is 0 Å². The molecule has 0 atom stereocenters. The van der Waals surface area contributed by atoms with E-state index < -0.39 is 18.3 Å². The Morgan fingerprint density at radius 3 is 2.30 bits per heavy atom. The summed E-state index contributed by atoms with van der Waals surface area (Å²) in [6.07, 6.45) is 0. The Morgan fingerprint density at radius 1 is 1.05 bits per heavy atom. The average molecular weight is 271 g/mol. The molecule has 104 valence electrons. The number of benzene rings is 1. The van der Waals surface area contributed by atoms with Crippen LogP contribution in [-0.4, -0.2) is 23.3 Å². The predicted molar refractivity (Wildman–Crippen MR) is 80.3 cm³/mol. The lowest BCUT2D eigenvalue weighted by molar-refractivity contribution is 0.00578. The standard InChI is InChI=1S/C15H18BNO3/c1-14(2)15(3,4)20-16(19-14)11-9-13(18)17-12-8-6-5-7-10(11)12/h5-9H,1-4H3,(H,17,18). The van der Waals surface area contributed by atoms with E-state index in [2.05, 4.69) is 4.98 Å². The van der Waals surface area contributed by atoms with Crippen LogP contribution in [0.25, 0.3) is 10.9 Å². The highest BCUT2D eigenvalue weighted by Gasteiger charge is 2.52. The van der Waals surface area contributed by atoms with Gasteiger partial charge in [-0.15, -0.1) is 0 Å². The molecule has 0 amide bonds. The Kier molecular flexibility index (Phi) is 2.82. The Morgan fingerprint density at radius 2 is 1.65 bits per heavy atom. The maximum atomic E-state index is 11.8. The van der Waals surface area contributed by atoms with Gasteiger partial charge < -0.3 is 14.3 Å². The van der Waals surface area contributed by atoms with Crippen molar-refractivity contribution < 1.29 is 9.31 Å². The number of aromatic amines is 1. The van der Waals surface area contributed by atoms with E-state index in [0.29, 0.717) is 0 Å². The predicted octanol–water partition coefficient (Wildman–Crippen LogP) is 1.83. The topological polar surface area (TPSA) is 51.3 Å². The van der Waals surface area contributed by atoms with E-state index in [1.54, 1.807) is 6.07 Å². The number of rotatable bonds is 1. The Hall–Kier alpha value is -1.59. The molecule has 1 aromatic carbocycles. The lowest BCUT2D eigenvalue weighted by Gasteiger charge is -2.32. The minimum atomic E-state index is -0.521. The van der Waals surface area contributed by atoms with Gasteiger partial charge in [-0.05, 0) is 44.6 Å². The van der Waals surface area contributed by atoms with E-state index in [4.69, 9.17) is 9.31 Å². The number of aromatic nitrogens is 1. The van der Waals surface area contributed by atoms with Crippen molar-refractivity contribution in [3.8, 4) is 0 Å². The smallest absolute Gasteiger partial charge is 0.399 e. The van der Waals surface area contributed by atoms with Crippen LogP contribution < -0.4 is 11.0 Å². The first-order valence-corrected chi connectivity index (χ1v) is 6.78. The van der Waals surface area contributed by atoms with E-state index in [-0.39, 0.29) is 5.56 Å². The van der Waals surface area contributed by atoms with Crippen LogP contribution in [0, 0.1) is 0 Å². The fraction of sp³-hybridized carbons (Fsp3) is 0.400. The average Bonchev–Trinajstić information content (AvgIpc) is 2.57. The maximum Gasteiger partial charge on any atom is 0.495 e. The van der Waals surface area contributed by atoms with E-state index >= 15 is 0 Å². The van der Waals surface area contributed by atoms with Crippen LogP contribution >= 0.6 is 0 Å². The van der Waals surface area contributed by atoms with Gasteiger partial charge in [-0.1, -0.05) is 18.2 Å². The number of H-pyrrole nitrogens is 1. The first-order chi connectivity index (χ1) is 9.30. The van der Waals surface area contributed by atoms with E-state index in [0.717, 1.165) is 16.4 Å². The highest BCUT2D eigenvalue weighted by molar-refractivity contribution is 6.65. The fourth-order valence-corrected chi connectivity index (χ4v) is 2.40. The van der Waals surface area contributed by atoms with E-state index in [1.807, 2.05) is 52.0 Å². The van der Waals surface area contributed by atoms with Crippen LogP contribution in [0.5, 0.6) is 0 Å². The molecule has 1 saturated heterocycles. The number of hydrogen-bond donors (Lipinski definition) is 1. The van der Waals surface area contributed by atoms with Gasteiger partial charge in [-0.25, -0.2) is 0 Å². The number of pyridine rings is 1. The van der Waals surface area contributed by atoms with Crippen LogP contribution in [0.15, 0.2) is 35.1 Å². The zero-order valence-corrected chi connectivity index (χ0v) is 12.2. The van der Waals surface area contributed by atoms with Crippen molar-refractivity contribution in [2.24, 2.45) is 0 Å². The molecule has 5 heteroatoms. The maximum absolute atomic E-state index is 11.8. The van der Waals surface area contributed by atoms with Gasteiger partial charge >= 0.3 is 7.12 Å². The summed E-state index contributed by atoms with van der Waals surface area (Å²) in [4.78, 5) is 14.6. The van der Waals surface area contributed by atoms with Gasteiger partial charge in [0.1, 0.15) is 0 Å². The van der Waals surface area contributed by atoms with Gasteiger partial charge in [0, 0.05) is 11.6 Å². The summed E-state index contributed by atoms with van der Waals surface area (Å²) < 4.78 is 12.1. The van der Waals surface area contributed by atoms with Gasteiger partial charge in [-0.2, -0.15) is 0 Å². The van der Waals surface area contributed by atoms with E-state index in [9.17, 15) is 4.79 Å². The number of hydrogen-bond acceptors (Lipinski definition) is 3. The summed E-state index contributed by atoms with van der Waals surface area (Å²) >= 11 is 0. The molecule has 0 bridgehead atoms. The molecule has 20 heavy (non-hydrogen) atoms. The van der Waals surface area contributed by atoms with Crippen LogP contribution in [0.4, 0.5) is 0 Å². The Balaban J connectivity index is 2.15. The third-order valence-corrected chi connectivity index (χ3v) is 4.29. The summed E-state index contributed by atoms with van der Waals surface area (Å²) in [5.74, 6) is 0. The summed E-state index contributed by atoms with van der Waals surface area (Å²) in [6, 6.07) is 9.24. The van der Waals surface area contributed by atoms with Crippen molar-refractivity contribution in [2.45, 2.75) is 38.9 Å². The molecule has 0 spiro atoms. The van der Waals surface area contributed by atoms with Crippen molar-refractivity contribution >= 4 is 23.5 Å².